The third-order valence-electron chi connectivity index (χ3n) is 4.08. The second-order valence-electron chi connectivity index (χ2n) is 5.73. The van der Waals surface area contributed by atoms with Crippen LogP contribution in [-0.2, 0) is 0 Å². The molecule has 0 radical (unpaired) electrons. The first-order valence-electron chi connectivity index (χ1n) is 7.81. The Labute approximate surface area is 187 Å². The molecule has 2 heterocycles. The molecule has 0 fully saturated rings. The molecule has 27 heavy (non-hydrogen) atoms. The van der Waals surface area contributed by atoms with Gasteiger partial charge in [0.2, 0.25) is 5.88 Å². The van der Waals surface area contributed by atoms with E-state index in [2.05, 4.69) is 48.8 Å². The van der Waals surface area contributed by atoms with Crippen molar-refractivity contribution >= 4 is 94.9 Å². The van der Waals surface area contributed by atoms with E-state index < -0.39 is 0 Å². The van der Waals surface area contributed by atoms with Crippen LogP contribution in [0.4, 0.5) is 11.5 Å². The average molecular weight is 575 g/mol. The van der Waals surface area contributed by atoms with Crippen LogP contribution >= 0.6 is 61.7 Å². The van der Waals surface area contributed by atoms with Crippen LogP contribution in [0.25, 0.3) is 21.7 Å². The topological polar surface area (TPSA) is 47.0 Å². The SMILES string of the molecule is COc1nccc2c(Nc3c(Cl)cc(I)cc3Cl)nc3ccc(Br)cc3c12. The molecule has 136 valence electrons. The Kier molecular flexibility index (Phi) is 5.33. The van der Waals surface area contributed by atoms with E-state index >= 15 is 0 Å². The van der Waals surface area contributed by atoms with E-state index in [9.17, 15) is 0 Å². The van der Waals surface area contributed by atoms with Gasteiger partial charge in [-0.15, -0.1) is 0 Å². The second kappa shape index (κ2) is 7.58. The van der Waals surface area contributed by atoms with Gasteiger partial charge in [0.15, 0.2) is 0 Å². The predicted molar refractivity (Wildman–Crippen MR) is 124 cm³/mol. The maximum Gasteiger partial charge on any atom is 0.221 e. The van der Waals surface area contributed by atoms with Crippen LogP contribution in [0.3, 0.4) is 0 Å². The first kappa shape index (κ1) is 19.0. The number of benzene rings is 2. The fourth-order valence-electron chi connectivity index (χ4n) is 2.92. The molecule has 4 nitrogen and oxygen atoms in total. The fraction of sp³-hybridized carbons (Fsp3) is 0.0526. The number of aromatic nitrogens is 2. The van der Waals surface area contributed by atoms with Gasteiger partial charge in [-0.25, -0.2) is 9.97 Å². The van der Waals surface area contributed by atoms with Gasteiger partial charge in [-0.2, -0.15) is 0 Å². The molecule has 0 aliphatic carbocycles. The summed E-state index contributed by atoms with van der Waals surface area (Å²) in [6.07, 6.45) is 1.69. The summed E-state index contributed by atoms with van der Waals surface area (Å²) in [5.41, 5.74) is 1.41. The van der Waals surface area contributed by atoms with Crippen LogP contribution in [0.15, 0.2) is 47.1 Å². The Morgan fingerprint density at radius 2 is 1.81 bits per heavy atom. The molecular weight excluding hydrogens is 564 g/mol. The van der Waals surface area contributed by atoms with Gasteiger partial charge in [0, 0.05) is 25.0 Å². The van der Waals surface area contributed by atoms with Gasteiger partial charge in [-0.05, 0) is 59.0 Å². The van der Waals surface area contributed by atoms with Gasteiger partial charge in [-0.3, -0.25) is 0 Å². The number of anilines is 2. The van der Waals surface area contributed by atoms with E-state index in [-0.39, 0.29) is 0 Å². The minimum absolute atomic E-state index is 0.527. The van der Waals surface area contributed by atoms with E-state index in [1.807, 2.05) is 36.4 Å². The Hall–Kier alpha value is -1.35. The molecule has 0 spiro atoms. The number of halogens is 4. The Balaban J connectivity index is 2.02. The molecule has 4 aromatic rings. The molecule has 0 aliphatic heterocycles. The summed E-state index contributed by atoms with van der Waals surface area (Å²) in [6.45, 7) is 0. The molecule has 0 saturated heterocycles. The molecule has 4 rings (SSSR count). The van der Waals surface area contributed by atoms with Gasteiger partial charge in [-0.1, -0.05) is 39.1 Å². The van der Waals surface area contributed by atoms with Crippen LogP contribution in [0.5, 0.6) is 5.88 Å². The highest BCUT2D eigenvalue weighted by Crippen LogP contribution is 2.39. The third kappa shape index (κ3) is 3.55. The van der Waals surface area contributed by atoms with Gasteiger partial charge >= 0.3 is 0 Å². The molecule has 0 unspecified atom stereocenters. The molecule has 1 N–H and O–H groups in total. The second-order valence-corrected chi connectivity index (χ2v) is 8.71. The van der Waals surface area contributed by atoms with Crippen molar-refractivity contribution in [1.29, 1.82) is 0 Å². The monoisotopic (exact) mass is 573 g/mol. The van der Waals surface area contributed by atoms with Crippen molar-refractivity contribution < 1.29 is 4.74 Å². The Morgan fingerprint density at radius 1 is 1.07 bits per heavy atom. The first-order valence-corrected chi connectivity index (χ1v) is 10.4. The Bertz CT molecular complexity index is 1180. The van der Waals surface area contributed by atoms with Crippen molar-refractivity contribution in [3.63, 3.8) is 0 Å². The molecule has 2 aromatic heterocycles. The van der Waals surface area contributed by atoms with Crippen LogP contribution in [0, 0.1) is 3.57 Å². The van der Waals surface area contributed by atoms with E-state index in [4.69, 9.17) is 32.9 Å². The van der Waals surface area contributed by atoms with Gasteiger partial charge in [0.25, 0.3) is 0 Å². The van der Waals surface area contributed by atoms with E-state index in [0.29, 0.717) is 27.4 Å². The lowest BCUT2D eigenvalue weighted by Gasteiger charge is -2.15. The normalized spacial score (nSPS) is 11.1. The number of pyridine rings is 2. The molecule has 8 heteroatoms. The highest BCUT2D eigenvalue weighted by atomic mass is 127. The summed E-state index contributed by atoms with van der Waals surface area (Å²) in [6, 6.07) is 11.5. The lowest BCUT2D eigenvalue weighted by molar-refractivity contribution is 0.403. The number of ether oxygens (including phenoxy) is 1. The van der Waals surface area contributed by atoms with Gasteiger partial charge in [0.05, 0.1) is 33.7 Å². The summed E-state index contributed by atoms with van der Waals surface area (Å²) in [5, 5.41) is 7.01. The van der Waals surface area contributed by atoms with E-state index in [0.717, 1.165) is 29.7 Å². The quantitative estimate of drug-likeness (QED) is 0.207. The number of fused-ring (bicyclic) bond motifs is 3. The molecule has 0 atom stereocenters. The van der Waals surface area contributed by atoms with Crippen molar-refractivity contribution in [3.8, 4) is 5.88 Å². The molecular formula is C19H11BrCl2IN3O. The number of nitrogens with one attached hydrogen (secondary N) is 1. The van der Waals surface area contributed by atoms with Crippen molar-refractivity contribution in [3.05, 3.63) is 60.7 Å². The van der Waals surface area contributed by atoms with Crippen molar-refractivity contribution in [2.45, 2.75) is 0 Å². The molecule has 0 saturated carbocycles. The summed E-state index contributed by atoms with van der Waals surface area (Å²) in [7, 11) is 1.60. The van der Waals surface area contributed by atoms with Gasteiger partial charge < -0.3 is 10.1 Å². The van der Waals surface area contributed by atoms with Crippen molar-refractivity contribution in [1.82, 2.24) is 9.97 Å². The van der Waals surface area contributed by atoms with Crippen LogP contribution < -0.4 is 10.1 Å². The molecule has 0 amide bonds. The number of nitrogens with zero attached hydrogens (tertiary/aromatic N) is 2. The highest BCUT2D eigenvalue weighted by molar-refractivity contribution is 14.1. The predicted octanol–water partition coefficient (Wildman–Crippen LogP) is 7.21. The highest BCUT2D eigenvalue weighted by Gasteiger charge is 2.16. The molecule has 0 aliphatic rings. The summed E-state index contributed by atoms with van der Waals surface area (Å²) in [5.74, 6) is 1.16. The van der Waals surface area contributed by atoms with Crippen molar-refractivity contribution in [2.24, 2.45) is 0 Å². The zero-order chi connectivity index (χ0) is 19.1. The zero-order valence-corrected chi connectivity index (χ0v) is 19.1. The molecule has 2 aromatic carbocycles. The lowest BCUT2D eigenvalue weighted by Crippen LogP contribution is -2.00. The zero-order valence-electron chi connectivity index (χ0n) is 13.9. The van der Waals surface area contributed by atoms with E-state index in [1.165, 1.54) is 0 Å². The van der Waals surface area contributed by atoms with Crippen LogP contribution in [-0.4, -0.2) is 17.1 Å². The van der Waals surface area contributed by atoms with Crippen LogP contribution in [0.1, 0.15) is 0 Å². The van der Waals surface area contributed by atoms with E-state index in [1.54, 1.807) is 13.3 Å². The number of hydrogen-bond donors (Lipinski definition) is 1. The maximum atomic E-state index is 6.41. The Morgan fingerprint density at radius 3 is 2.52 bits per heavy atom. The molecule has 0 bridgehead atoms. The lowest BCUT2D eigenvalue weighted by atomic mass is 10.1. The largest absolute Gasteiger partial charge is 0.481 e. The minimum Gasteiger partial charge on any atom is -0.481 e. The fourth-order valence-corrected chi connectivity index (χ4v) is 4.85. The summed E-state index contributed by atoms with van der Waals surface area (Å²) < 4.78 is 7.42. The van der Waals surface area contributed by atoms with Crippen molar-refractivity contribution in [2.75, 3.05) is 12.4 Å². The first-order chi connectivity index (χ1) is 13.0. The van der Waals surface area contributed by atoms with Gasteiger partial charge in [0.1, 0.15) is 5.82 Å². The smallest absolute Gasteiger partial charge is 0.221 e. The minimum atomic E-state index is 0.527. The summed E-state index contributed by atoms with van der Waals surface area (Å²) >= 11 is 18.5. The van der Waals surface area contributed by atoms with Crippen LogP contribution in [0.2, 0.25) is 10.0 Å². The number of rotatable bonds is 3. The number of methoxy groups -OCH3 is 1. The standard InChI is InChI=1S/C19H11BrCl2IN3O/c1-27-19-16-11(4-5-24-19)18(25-15-3-2-9(20)6-12(15)16)26-17-13(21)7-10(23)8-14(17)22/h2-8H,1H3,(H,25,26). The number of hydrogen-bond acceptors (Lipinski definition) is 4. The summed E-state index contributed by atoms with van der Waals surface area (Å²) in [4.78, 5) is 9.14. The third-order valence-corrected chi connectivity index (χ3v) is 5.79. The maximum absolute atomic E-state index is 6.41. The average Bonchev–Trinajstić information content (AvgIpc) is 2.64.